The molecule has 0 spiro atoms. The van der Waals surface area contributed by atoms with Crippen molar-refractivity contribution < 1.29 is 0 Å². The van der Waals surface area contributed by atoms with Crippen LogP contribution < -0.4 is 10.6 Å². The minimum Gasteiger partial charge on any atom is -0.359 e. The van der Waals surface area contributed by atoms with Crippen molar-refractivity contribution in [3.8, 4) is 0 Å². The normalized spacial score (nSPS) is 16.7. The first-order valence-corrected chi connectivity index (χ1v) is 6.57. The molecule has 1 fully saturated rings. The Labute approximate surface area is 104 Å². The zero-order valence-electron chi connectivity index (χ0n) is 11.2. The predicted octanol–water partition coefficient (Wildman–Crippen LogP) is 1.81. The molecular weight excluding hydrogens is 212 g/mol. The molecule has 2 N–H and O–H groups in total. The van der Waals surface area contributed by atoms with Gasteiger partial charge in [-0.3, -0.25) is 4.68 Å². The molecule has 0 radical (unpaired) electrons. The fourth-order valence-electron chi connectivity index (χ4n) is 3.07. The van der Waals surface area contributed by atoms with Crippen molar-refractivity contribution in [1.82, 2.24) is 9.78 Å². The lowest BCUT2D eigenvalue weighted by Gasteiger charge is -2.24. The molecule has 0 unspecified atom stereocenters. The van der Waals surface area contributed by atoms with E-state index in [1.165, 1.54) is 37.1 Å². The lowest BCUT2D eigenvalue weighted by molar-refractivity contribution is 0.539. The first-order valence-electron chi connectivity index (χ1n) is 6.57. The van der Waals surface area contributed by atoms with Gasteiger partial charge < -0.3 is 10.6 Å². The lowest BCUT2D eigenvalue weighted by atomic mass is 10.1. The van der Waals surface area contributed by atoms with Crippen LogP contribution in [0.1, 0.15) is 36.9 Å². The van der Waals surface area contributed by atoms with E-state index in [0.29, 0.717) is 6.54 Å². The molecular formula is C13H24N4. The minimum absolute atomic E-state index is 0.573. The van der Waals surface area contributed by atoms with Crippen LogP contribution in [0.3, 0.4) is 0 Å². The number of hydrogen-bond acceptors (Lipinski definition) is 3. The molecule has 1 aromatic heterocycles. The van der Waals surface area contributed by atoms with E-state index in [9.17, 15) is 0 Å². The van der Waals surface area contributed by atoms with E-state index in [4.69, 9.17) is 5.73 Å². The van der Waals surface area contributed by atoms with Crippen molar-refractivity contribution in [2.24, 2.45) is 18.7 Å². The molecule has 0 aliphatic heterocycles. The Balaban J connectivity index is 2.14. The van der Waals surface area contributed by atoms with Crippen LogP contribution in [0.4, 0.5) is 5.82 Å². The molecule has 2 rings (SSSR count). The number of rotatable bonds is 4. The molecule has 0 amide bonds. The summed E-state index contributed by atoms with van der Waals surface area (Å²) in [5.41, 5.74) is 8.08. The van der Waals surface area contributed by atoms with Crippen molar-refractivity contribution >= 4 is 5.82 Å². The van der Waals surface area contributed by atoms with Gasteiger partial charge in [0.1, 0.15) is 5.82 Å². The average molecular weight is 236 g/mol. The highest BCUT2D eigenvalue weighted by Gasteiger charge is 2.21. The number of nitrogens with zero attached hydrogens (tertiary/aromatic N) is 3. The van der Waals surface area contributed by atoms with Gasteiger partial charge in [0.25, 0.3) is 0 Å². The van der Waals surface area contributed by atoms with Crippen LogP contribution >= 0.6 is 0 Å². The molecule has 1 saturated carbocycles. The van der Waals surface area contributed by atoms with Crippen LogP contribution in [0.5, 0.6) is 0 Å². The van der Waals surface area contributed by atoms with E-state index >= 15 is 0 Å². The maximum absolute atomic E-state index is 5.83. The van der Waals surface area contributed by atoms with Crippen LogP contribution in [0.2, 0.25) is 0 Å². The van der Waals surface area contributed by atoms with E-state index in [2.05, 4.69) is 17.0 Å². The van der Waals surface area contributed by atoms with Gasteiger partial charge in [-0.1, -0.05) is 12.8 Å². The number of anilines is 1. The largest absolute Gasteiger partial charge is 0.359 e. The Kier molecular flexibility index (Phi) is 3.72. The van der Waals surface area contributed by atoms with Crippen molar-refractivity contribution in [1.29, 1.82) is 0 Å². The Morgan fingerprint density at radius 2 is 2.06 bits per heavy atom. The highest BCUT2D eigenvalue weighted by atomic mass is 15.4. The van der Waals surface area contributed by atoms with Crippen molar-refractivity contribution in [2.75, 3.05) is 18.5 Å². The zero-order chi connectivity index (χ0) is 12.4. The summed E-state index contributed by atoms with van der Waals surface area (Å²) in [7, 11) is 4.17. The highest BCUT2D eigenvalue weighted by molar-refractivity contribution is 5.49. The van der Waals surface area contributed by atoms with E-state index in [1.54, 1.807) is 0 Å². The topological polar surface area (TPSA) is 47.1 Å². The third-order valence-corrected chi connectivity index (χ3v) is 3.89. The Bertz CT molecular complexity index is 377. The van der Waals surface area contributed by atoms with Crippen LogP contribution in [0, 0.1) is 12.8 Å². The summed E-state index contributed by atoms with van der Waals surface area (Å²) < 4.78 is 1.96. The molecule has 4 heteroatoms. The molecule has 0 atom stereocenters. The summed E-state index contributed by atoms with van der Waals surface area (Å²) in [4.78, 5) is 2.33. The first kappa shape index (κ1) is 12.4. The fourth-order valence-corrected chi connectivity index (χ4v) is 3.07. The summed E-state index contributed by atoms with van der Waals surface area (Å²) in [6.45, 7) is 3.74. The van der Waals surface area contributed by atoms with Gasteiger partial charge in [-0.15, -0.1) is 0 Å². The number of aryl methyl sites for hydroxylation is 2. The van der Waals surface area contributed by atoms with Gasteiger partial charge in [-0.05, 0) is 25.7 Å². The smallest absolute Gasteiger partial charge is 0.131 e. The lowest BCUT2D eigenvalue weighted by Crippen LogP contribution is -2.27. The molecule has 96 valence electrons. The molecule has 4 nitrogen and oxygen atoms in total. The molecule has 1 aromatic rings. The summed E-state index contributed by atoms with van der Waals surface area (Å²) in [5.74, 6) is 2.04. The summed E-state index contributed by atoms with van der Waals surface area (Å²) in [5, 5.41) is 4.47. The van der Waals surface area contributed by atoms with Crippen LogP contribution in [-0.4, -0.2) is 23.4 Å². The number of hydrogen-bond donors (Lipinski definition) is 1. The van der Waals surface area contributed by atoms with Crippen LogP contribution in [-0.2, 0) is 13.6 Å². The SMILES string of the molecule is Cc1nn(C)c(N(C)CC2CCCC2)c1CN. The summed E-state index contributed by atoms with van der Waals surface area (Å²) in [6.07, 6.45) is 5.54. The highest BCUT2D eigenvalue weighted by Crippen LogP contribution is 2.28. The number of aromatic nitrogens is 2. The van der Waals surface area contributed by atoms with Gasteiger partial charge in [-0.25, -0.2) is 0 Å². The molecule has 1 heterocycles. The quantitative estimate of drug-likeness (QED) is 0.867. The Morgan fingerprint density at radius 3 is 2.65 bits per heavy atom. The average Bonchev–Trinajstić information content (AvgIpc) is 2.85. The van der Waals surface area contributed by atoms with E-state index in [-0.39, 0.29) is 0 Å². The molecule has 0 saturated heterocycles. The first-order chi connectivity index (χ1) is 8.13. The second-order valence-electron chi connectivity index (χ2n) is 5.25. The standard InChI is InChI=1S/C13H24N4/c1-10-12(8-14)13(17(3)15-10)16(2)9-11-6-4-5-7-11/h11H,4-9,14H2,1-3H3. The summed E-state index contributed by atoms with van der Waals surface area (Å²) >= 11 is 0. The van der Waals surface area contributed by atoms with Gasteiger partial charge in [-0.2, -0.15) is 5.10 Å². The Morgan fingerprint density at radius 1 is 1.41 bits per heavy atom. The van der Waals surface area contributed by atoms with Gasteiger partial charge in [0, 0.05) is 32.7 Å². The summed E-state index contributed by atoms with van der Waals surface area (Å²) in [6, 6.07) is 0. The maximum atomic E-state index is 5.83. The Hall–Kier alpha value is -1.03. The zero-order valence-corrected chi connectivity index (χ0v) is 11.2. The second kappa shape index (κ2) is 5.08. The molecule has 17 heavy (non-hydrogen) atoms. The fraction of sp³-hybridized carbons (Fsp3) is 0.769. The molecule has 1 aliphatic rings. The predicted molar refractivity (Wildman–Crippen MR) is 71.1 cm³/mol. The molecule has 0 aromatic carbocycles. The van der Waals surface area contributed by atoms with Crippen molar-refractivity contribution in [3.63, 3.8) is 0 Å². The molecule has 1 aliphatic carbocycles. The molecule has 0 bridgehead atoms. The van der Waals surface area contributed by atoms with E-state index in [0.717, 1.165) is 18.2 Å². The van der Waals surface area contributed by atoms with Crippen molar-refractivity contribution in [3.05, 3.63) is 11.3 Å². The van der Waals surface area contributed by atoms with Gasteiger partial charge in [0.05, 0.1) is 5.69 Å². The van der Waals surface area contributed by atoms with Gasteiger partial charge in [0.15, 0.2) is 0 Å². The monoisotopic (exact) mass is 236 g/mol. The van der Waals surface area contributed by atoms with Gasteiger partial charge in [0.2, 0.25) is 0 Å². The van der Waals surface area contributed by atoms with Crippen LogP contribution in [0.15, 0.2) is 0 Å². The number of nitrogens with two attached hydrogens (primary N) is 1. The maximum Gasteiger partial charge on any atom is 0.131 e. The van der Waals surface area contributed by atoms with E-state index in [1.807, 2.05) is 18.7 Å². The van der Waals surface area contributed by atoms with Gasteiger partial charge >= 0.3 is 0 Å². The third-order valence-electron chi connectivity index (χ3n) is 3.89. The van der Waals surface area contributed by atoms with Crippen LogP contribution in [0.25, 0.3) is 0 Å². The van der Waals surface area contributed by atoms with E-state index < -0.39 is 0 Å². The second-order valence-corrected chi connectivity index (χ2v) is 5.25. The minimum atomic E-state index is 0.573. The van der Waals surface area contributed by atoms with Crippen molar-refractivity contribution in [2.45, 2.75) is 39.2 Å². The third kappa shape index (κ3) is 2.46.